The number of benzene rings is 2. The number of alkyl halides is 5. The second-order valence-electron chi connectivity index (χ2n) is 5.57. The quantitative estimate of drug-likeness (QED) is 0.636. The van der Waals surface area contributed by atoms with Gasteiger partial charge in [0, 0.05) is 6.54 Å². The van der Waals surface area contributed by atoms with Gasteiger partial charge in [-0.15, -0.1) is 8.78 Å². The van der Waals surface area contributed by atoms with Gasteiger partial charge in [-0.1, -0.05) is 24.3 Å². The number of halogens is 5. The molecule has 1 aliphatic heterocycles. The molecular weight excluding hydrogens is 345 g/mol. The Morgan fingerprint density at radius 1 is 0.920 bits per heavy atom. The summed E-state index contributed by atoms with van der Waals surface area (Å²) in [6.07, 6.45) is -7.61. The first kappa shape index (κ1) is 17.5. The van der Waals surface area contributed by atoms with Crippen LogP contribution in [0, 0.1) is 0 Å². The van der Waals surface area contributed by atoms with Gasteiger partial charge < -0.3 is 14.8 Å². The molecule has 0 unspecified atom stereocenters. The van der Waals surface area contributed by atoms with E-state index in [2.05, 4.69) is 14.8 Å². The van der Waals surface area contributed by atoms with Crippen LogP contribution in [0.3, 0.4) is 0 Å². The van der Waals surface area contributed by atoms with E-state index in [1.807, 2.05) is 0 Å². The Bertz CT molecular complexity index is 761. The van der Waals surface area contributed by atoms with Crippen LogP contribution in [0.4, 0.5) is 22.0 Å². The molecular formula is C17H14F5NO2. The van der Waals surface area contributed by atoms with Crippen LogP contribution < -0.4 is 14.8 Å². The minimum atomic E-state index is -4.36. The predicted molar refractivity (Wildman–Crippen MR) is 79.5 cm³/mol. The maximum absolute atomic E-state index is 12.9. The molecule has 0 atom stereocenters. The van der Waals surface area contributed by atoms with Crippen LogP contribution >= 0.6 is 0 Å². The summed E-state index contributed by atoms with van der Waals surface area (Å²) in [7, 11) is 0. The Kier molecular flexibility index (Phi) is 4.55. The monoisotopic (exact) mass is 359 g/mol. The normalized spacial score (nSPS) is 15.4. The molecule has 134 valence electrons. The molecule has 1 aliphatic rings. The maximum atomic E-state index is 12.9. The van der Waals surface area contributed by atoms with Crippen molar-refractivity contribution in [2.24, 2.45) is 0 Å². The minimum absolute atomic E-state index is 0.0299. The molecule has 0 saturated carbocycles. The van der Waals surface area contributed by atoms with Gasteiger partial charge >= 0.3 is 12.5 Å². The van der Waals surface area contributed by atoms with Crippen LogP contribution in [0.1, 0.15) is 16.7 Å². The van der Waals surface area contributed by atoms with Gasteiger partial charge in [0.1, 0.15) is 0 Å². The lowest BCUT2D eigenvalue weighted by Crippen LogP contribution is -2.25. The Morgan fingerprint density at radius 3 is 2.44 bits per heavy atom. The molecule has 2 aromatic carbocycles. The third kappa shape index (κ3) is 4.39. The Labute approximate surface area is 140 Å². The van der Waals surface area contributed by atoms with Gasteiger partial charge in [-0.25, -0.2) is 0 Å². The van der Waals surface area contributed by atoms with E-state index in [4.69, 9.17) is 0 Å². The van der Waals surface area contributed by atoms with Gasteiger partial charge in [0.05, 0.1) is 5.56 Å². The Balaban J connectivity index is 1.51. The number of nitrogens with one attached hydrogen (secondary N) is 1. The molecule has 0 fully saturated rings. The zero-order chi connectivity index (χ0) is 18.1. The molecule has 0 radical (unpaired) electrons. The number of rotatable bonds is 5. The molecule has 25 heavy (non-hydrogen) atoms. The topological polar surface area (TPSA) is 30.5 Å². The summed E-state index contributed by atoms with van der Waals surface area (Å²) in [6.45, 7) is 0.799. The van der Waals surface area contributed by atoms with E-state index in [1.54, 1.807) is 12.1 Å². The van der Waals surface area contributed by atoms with E-state index >= 15 is 0 Å². The fraction of sp³-hybridized carbons (Fsp3) is 0.294. The molecule has 0 amide bonds. The number of ether oxygens (including phenoxy) is 2. The van der Waals surface area contributed by atoms with Crippen LogP contribution in [-0.2, 0) is 19.1 Å². The molecule has 3 rings (SSSR count). The summed E-state index contributed by atoms with van der Waals surface area (Å²) < 4.78 is 72.5. The van der Waals surface area contributed by atoms with Gasteiger partial charge in [-0.3, -0.25) is 0 Å². The fourth-order valence-electron chi connectivity index (χ4n) is 2.47. The highest BCUT2D eigenvalue weighted by Gasteiger charge is 2.43. The second kappa shape index (κ2) is 6.51. The molecule has 0 aromatic heterocycles. The van der Waals surface area contributed by atoms with Gasteiger partial charge in [0.2, 0.25) is 0 Å². The van der Waals surface area contributed by atoms with Crippen molar-refractivity contribution < 1.29 is 31.4 Å². The molecule has 2 aromatic rings. The van der Waals surface area contributed by atoms with E-state index in [1.165, 1.54) is 18.2 Å². The van der Waals surface area contributed by atoms with Crippen LogP contribution in [-0.4, -0.2) is 12.8 Å². The van der Waals surface area contributed by atoms with E-state index in [0.29, 0.717) is 30.6 Å². The first-order chi connectivity index (χ1) is 11.7. The largest absolute Gasteiger partial charge is 0.586 e. The summed E-state index contributed by atoms with van der Waals surface area (Å²) in [4.78, 5) is 0. The van der Waals surface area contributed by atoms with Crippen LogP contribution in [0.2, 0.25) is 0 Å². The van der Waals surface area contributed by atoms with E-state index in [0.717, 1.165) is 12.1 Å². The molecule has 0 aliphatic carbocycles. The van der Waals surface area contributed by atoms with Gasteiger partial charge in [0.15, 0.2) is 11.5 Å². The Morgan fingerprint density at radius 2 is 1.68 bits per heavy atom. The van der Waals surface area contributed by atoms with E-state index in [-0.39, 0.29) is 11.5 Å². The number of hydrogen-bond acceptors (Lipinski definition) is 3. The summed E-state index contributed by atoms with van der Waals surface area (Å²) in [6, 6.07) is 9.58. The molecule has 0 saturated heterocycles. The van der Waals surface area contributed by atoms with Crippen molar-refractivity contribution in [3.8, 4) is 11.5 Å². The zero-order valence-corrected chi connectivity index (χ0v) is 12.9. The van der Waals surface area contributed by atoms with E-state index < -0.39 is 18.0 Å². The van der Waals surface area contributed by atoms with Gasteiger partial charge in [0.25, 0.3) is 0 Å². The SMILES string of the molecule is FC1(F)Oc2ccc(CNCCc3cccc(C(F)(F)F)c3)cc2O1. The highest BCUT2D eigenvalue weighted by molar-refractivity contribution is 5.45. The van der Waals surface area contributed by atoms with Gasteiger partial charge in [-0.05, 0) is 42.3 Å². The Hall–Kier alpha value is -2.35. The van der Waals surface area contributed by atoms with Crippen molar-refractivity contribution in [3.05, 3.63) is 59.2 Å². The summed E-state index contributed by atoms with van der Waals surface area (Å²) in [5, 5.41) is 3.06. The second-order valence-corrected chi connectivity index (χ2v) is 5.57. The third-order valence-electron chi connectivity index (χ3n) is 3.64. The van der Waals surface area contributed by atoms with Crippen molar-refractivity contribution in [3.63, 3.8) is 0 Å². The van der Waals surface area contributed by atoms with Crippen LogP contribution in [0.25, 0.3) is 0 Å². The lowest BCUT2D eigenvalue weighted by Gasteiger charge is -2.09. The first-order valence-corrected chi connectivity index (χ1v) is 7.49. The fourth-order valence-corrected chi connectivity index (χ4v) is 2.47. The molecule has 0 spiro atoms. The highest BCUT2D eigenvalue weighted by Crippen LogP contribution is 2.41. The van der Waals surface area contributed by atoms with E-state index in [9.17, 15) is 22.0 Å². The molecule has 3 nitrogen and oxygen atoms in total. The number of hydrogen-bond donors (Lipinski definition) is 1. The van der Waals surface area contributed by atoms with Crippen LogP contribution in [0.15, 0.2) is 42.5 Å². The first-order valence-electron chi connectivity index (χ1n) is 7.49. The highest BCUT2D eigenvalue weighted by atomic mass is 19.4. The average Bonchev–Trinajstić information content (AvgIpc) is 2.84. The molecule has 8 heteroatoms. The minimum Gasteiger partial charge on any atom is -0.395 e. The predicted octanol–water partition coefficient (Wildman–Crippen LogP) is 4.36. The zero-order valence-electron chi connectivity index (χ0n) is 12.9. The smallest absolute Gasteiger partial charge is 0.395 e. The molecule has 1 N–H and O–H groups in total. The van der Waals surface area contributed by atoms with Crippen molar-refractivity contribution in [2.45, 2.75) is 25.4 Å². The molecule has 0 bridgehead atoms. The standard InChI is InChI=1S/C17H14F5NO2/c18-16(19,20)13-3-1-2-11(8-13)6-7-23-10-12-4-5-14-15(9-12)25-17(21,22)24-14/h1-5,8-9,23H,6-7,10H2. The van der Waals surface area contributed by atoms with Crippen molar-refractivity contribution in [1.82, 2.24) is 5.32 Å². The lowest BCUT2D eigenvalue weighted by molar-refractivity contribution is -0.286. The summed E-state index contributed by atoms with van der Waals surface area (Å²) in [5.74, 6) is -0.0695. The van der Waals surface area contributed by atoms with Crippen molar-refractivity contribution in [2.75, 3.05) is 6.54 Å². The summed E-state index contributed by atoms with van der Waals surface area (Å²) >= 11 is 0. The molecule has 1 heterocycles. The number of fused-ring (bicyclic) bond motifs is 1. The van der Waals surface area contributed by atoms with Crippen molar-refractivity contribution >= 4 is 0 Å². The maximum Gasteiger partial charge on any atom is 0.586 e. The third-order valence-corrected chi connectivity index (χ3v) is 3.64. The van der Waals surface area contributed by atoms with Gasteiger partial charge in [-0.2, -0.15) is 13.2 Å². The average molecular weight is 359 g/mol. The van der Waals surface area contributed by atoms with Crippen LogP contribution in [0.5, 0.6) is 11.5 Å². The van der Waals surface area contributed by atoms with Crippen molar-refractivity contribution in [1.29, 1.82) is 0 Å². The lowest BCUT2D eigenvalue weighted by atomic mass is 10.1. The summed E-state index contributed by atoms with van der Waals surface area (Å²) in [5.41, 5.74) is 0.582.